The van der Waals surface area contributed by atoms with Gasteiger partial charge in [0.25, 0.3) is 0 Å². The number of nitrogens with zero attached hydrogens (tertiary/aromatic N) is 1. The highest BCUT2D eigenvalue weighted by Gasteiger charge is 2.19. The average Bonchev–Trinajstić information content (AvgIpc) is 2.70. The highest BCUT2D eigenvalue weighted by Crippen LogP contribution is 2.33. The summed E-state index contributed by atoms with van der Waals surface area (Å²) < 4.78 is 38.2. The molecule has 0 atom stereocenters. The van der Waals surface area contributed by atoms with Crippen LogP contribution in [0.5, 0.6) is 11.5 Å². The quantitative estimate of drug-likeness (QED) is 0.685. The molecular weight excluding hydrogens is 376 g/mol. The normalized spacial score (nSPS) is 14.5. The number of fused-ring (bicyclic) bond motifs is 1. The number of nitrogens with one attached hydrogen (secondary N) is 1. The van der Waals surface area contributed by atoms with E-state index >= 15 is 0 Å². The first-order valence-corrected chi connectivity index (χ1v) is 10.9. The van der Waals surface area contributed by atoms with Crippen molar-refractivity contribution in [3.63, 3.8) is 0 Å². The lowest BCUT2D eigenvalue weighted by molar-refractivity contribution is 0.250. The van der Waals surface area contributed by atoms with Crippen LogP contribution in [0, 0.1) is 6.92 Å². The summed E-state index contributed by atoms with van der Waals surface area (Å²) in [5.41, 5.74) is 3.57. The van der Waals surface area contributed by atoms with Gasteiger partial charge in [0.15, 0.2) is 11.5 Å². The third-order valence-corrected chi connectivity index (χ3v) is 6.55. The Kier molecular flexibility index (Phi) is 6.59. The molecule has 28 heavy (non-hydrogen) atoms. The van der Waals surface area contributed by atoms with Gasteiger partial charge in [-0.05, 0) is 61.7 Å². The van der Waals surface area contributed by atoms with Crippen LogP contribution >= 0.6 is 0 Å². The molecule has 0 bridgehead atoms. The molecule has 0 saturated heterocycles. The van der Waals surface area contributed by atoms with Crippen molar-refractivity contribution in [3.05, 3.63) is 53.1 Å². The largest absolute Gasteiger partial charge is 0.493 e. The molecule has 0 radical (unpaired) electrons. The summed E-state index contributed by atoms with van der Waals surface area (Å²) in [5, 5.41) is 0. The minimum absolute atomic E-state index is 0.311. The Morgan fingerprint density at radius 2 is 1.68 bits per heavy atom. The maximum Gasteiger partial charge on any atom is 0.240 e. The Balaban J connectivity index is 1.52. The van der Waals surface area contributed by atoms with Crippen molar-refractivity contribution in [2.24, 2.45) is 0 Å². The standard InChI is InChI=1S/C21H28N2O4S/c1-16-5-7-19(8-6-16)28(24,25)22-10-4-11-23-12-9-17-13-20(26-2)21(27-3)14-18(17)15-23/h5-8,13-14,22H,4,9-12,15H2,1-3H3. The SMILES string of the molecule is COc1cc2c(cc1OC)CN(CCCNS(=O)(=O)c1ccc(C)cc1)CC2. The molecule has 6 nitrogen and oxygen atoms in total. The second-order valence-corrected chi connectivity index (χ2v) is 8.83. The Labute approximate surface area is 167 Å². The topological polar surface area (TPSA) is 67.9 Å². The zero-order valence-electron chi connectivity index (χ0n) is 16.7. The van der Waals surface area contributed by atoms with Crippen LogP contribution in [0.1, 0.15) is 23.1 Å². The summed E-state index contributed by atoms with van der Waals surface area (Å²) in [6, 6.07) is 11.0. The zero-order chi connectivity index (χ0) is 20.1. The van der Waals surface area contributed by atoms with E-state index in [1.165, 1.54) is 11.1 Å². The lowest BCUT2D eigenvalue weighted by Gasteiger charge is -2.29. The molecule has 0 fully saturated rings. The van der Waals surface area contributed by atoms with E-state index in [1.807, 2.05) is 25.1 Å². The number of rotatable bonds is 8. The molecule has 1 aliphatic rings. The van der Waals surface area contributed by atoms with Crippen molar-refractivity contribution >= 4 is 10.0 Å². The Hall–Kier alpha value is -2.09. The Bertz CT molecular complexity index is 911. The van der Waals surface area contributed by atoms with Gasteiger partial charge in [-0.15, -0.1) is 0 Å². The molecule has 0 saturated carbocycles. The van der Waals surface area contributed by atoms with Gasteiger partial charge in [0, 0.05) is 19.6 Å². The van der Waals surface area contributed by atoms with E-state index in [9.17, 15) is 8.42 Å². The molecule has 3 rings (SSSR count). The maximum absolute atomic E-state index is 12.3. The minimum Gasteiger partial charge on any atom is -0.493 e. The summed E-state index contributed by atoms with van der Waals surface area (Å²) in [6.45, 7) is 4.98. The van der Waals surface area contributed by atoms with E-state index in [4.69, 9.17) is 9.47 Å². The molecule has 2 aromatic rings. The van der Waals surface area contributed by atoms with Gasteiger partial charge in [0.05, 0.1) is 19.1 Å². The lowest BCUT2D eigenvalue weighted by atomic mass is 9.98. The van der Waals surface area contributed by atoms with Crippen LogP contribution in [0.3, 0.4) is 0 Å². The third-order valence-electron chi connectivity index (χ3n) is 5.07. The van der Waals surface area contributed by atoms with E-state index < -0.39 is 10.0 Å². The van der Waals surface area contributed by atoms with Crippen molar-refractivity contribution in [2.45, 2.75) is 31.2 Å². The predicted octanol–water partition coefficient (Wildman–Crippen LogP) is 2.74. The molecule has 152 valence electrons. The maximum atomic E-state index is 12.3. The molecule has 1 aliphatic heterocycles. The van der Waals surface area contributed by atoms with E-state index in [0.717, 1.165) is 49.5 Å². The van der Waals surface area contributed by atoms with E-state index in [-0.39, 0.29) is 0 Å². The second-order valence-electron chi connectivity index (χ2n) is 7.07. The molecule has 1 N–H and O–H groups in total. The van der Waals surface area contributed by atoms with Crippen molar-refractivity contribution in [2.75, 3.05) is 33.9 Å². The van der Waals surface area contributed by atoms with Gasteiger partial charge in [-0.1, -0.05) is 17.7 Å². The lowest BCUT2D eigenvalue weighted by Crippen LogP contribution is -2.33. The van der Waals surface area contributed by atoms with Gasteiger partial charge in [-0.3, -0.25) is 4.90 Å². The molecule has 7 heteroatoms. The van der Waals surface area contributed by atoms with Crippen LogP contribution < -0.4 is 14.2 Å². The molecule has 0 amide bonds. The monoisotopic (exact) mass is 404 g/mol. The van der Waals surface area contributed by atoms with Gasteiger partial charge >= 0.3 is 0 Å². The number of methoxy groups -OCH3 is 2. The van der Waals surface area contributed by atoms with Gasteiger partial charge in [0.1, 0.15) is 0 Å². The number of hydrogen-bond acceptors (Lipinski definition) is 5. The van der Waals surface area contributed by atoms with E-state index in [1.54, 1.807) is 26.4 Å². The molecule has 0 spiro atoms. The summed E-state index contributed by atoms with van der Waals surface area (Å²) in [4.78, 5) is 2.65. The molecule has 2 aromatic carbocycles. The second kappa shape index (κ2) is 8.94. The van der Waals surface area contributed by atoms with Crippen molar-refractivity contribution in [1.29, 1.82) is 0 Å². The first kappa shape index (κ1) is 20.6. The fraction of sp³-hybridized carbons (Fsp3) is 0.429. The van der Waals surface area contributed by atoms with E-state index in [2.05, 4.69) is 15.7 Å². The number of benzene rings is 2. The van der Waals surface area contributed by atoms with Crippen LogP contribution in [-0.2, 0) is 23.0 Å². The van der Waals surface area contributed by atoms with Crippen molar-refractivity contribution < 1.29 is 17.9 Å². The highest BCUT2D eigenvalue weighted by atomic mass is 32.2. The number of ether oxygens (including phenoxy) is 2. The van der Waals surface area contributed by atoms with Gasteiger partial charge in [-0.2, -0.15) is 0 Å². The molecule has 1 heterocycles. The van der Waals surface area contributed by atoms with Crippen LogP contribution in [0.15, 0.2) is 41.3 Å². The number of hydrogen-bond donors (Lipinski definition) is 1. The van der Waals surface area contributed by atoms with Crippen LogP contribution in [0.2, 0.25) is 0 Å². The summed E-state index contributed by atoms with van der Waals surface area (Å²) in [7, 11) is -0.151. The van der Waals surface area contributed by atoms with Crippen LogP contribution in [0.25, 0.3) is 0 Å². The Morgan fingerprint density at radius 3 is 2.32 bits per heavy atom. The molecule has 0 aromatic heterocycles. The Morgan fingerprint density at radius 1 is 1.04 bits per heavy atom. The molecule has 0 aliphatic carbocycles. The fourth-order valence-electron chi connectivity index (χ4n) is 3.44. The van der Waals surface area contributed by atoms with Crippen molar-refractivity contribution in [3.8, 4) is 11.5 Å². The fourth-order valence-corrected chi connectivity index (χ4v) is 4.52. The van der Waals surface area contributed by atoms with Gasteiger partial charge in [-0.25, -0.2) is 13.1 Å². The first-order chi connectivity index (χ1) is 13.4. The minimum atomic E-state index is -3.44. The van der Waals surface area contributed by atoms with Crippen molar-refractivity contribution in [1.82, 2.24) is 9.62 Å². The van der Waals surface area contributed by atoms with Crippen LogP contribution in [0.4, 0.5) is 0 Å². The van der Waals surface area contributed by atoms with Gasteiger partial charge in [0.2, 0.25) is 10.0 Å². The predicted molar refractivity (Wildman–Crippen MR) is 110 cm³/mol. The average molecular weight is 405 g/mol. The highest BCUT2D eigenvalue weighted by molar-refractivity contribution is 7.89. The summed E-state index contributed by atoms with van der Waals surface area (Å²) >= 11 is 0. The smallest absolute Gasteiger partial charge is 0.240 e. The van der Waals surface area contributed by atoms with E-state index in [0.29, 0.717) is 11.4 Å². The number of sulfonamides is 1. The number of aryl methyl sites for hydroxylation is 1. The summed E-state index contributed by atoms with van der Waals surface area (Å²) in [5.74, 6) is 1.51. The molecular formula is C21H28N2O4S. The zero-order valence-corrected chi connectivity index (χ0v) is 17.5. The van der Waals surface area contributed by atoms with Gasteiger partial charge < -0.3 is 9.47 Å². The van der Waals surface area contributed by atoms with Crippen LogP contribution in [-0.4, -0.2) is 47.2 Å². The molecule has 0 unspecified atom stereocenters. The first-order valence-electron chi connectivity index (χ1n) is 9.45. The third kappa shape index (κ3) is 4.84. The summed E-state index contributed by atoms with van der Waals surface area (Å²) in [6.07, 6.45) is 1.71.